The van der Waals surface area contributed by atoms with Crippen LogP contribution in [0.4, 0.5) is 5.69 Å². The first-order chi connectivity index (χ1) is 11.7. The largest absolute Gasteiger partial charge is 0.332 e. The number of aryl methyl sites for hydroxylation is 1. The minimum atomic E-state index is -0.220. The topological polar surface area (TPSA) is 41.1 Å². The summed E-state index contributed by atoms with van der Waals surface area (Å²) >= 11 is 5.41. The van der Waals surface area contributed by atoms with E-state index >= 15 is 0 Å². The molecule has 1 aromatic rings. The van der Waals surface area contributed by atoms with E-state index < -0.39 is 0 Å². The zero-order valence-electron chi connectivity index (χ0n) is 15.4. The van der Waals surface area contributed by atoms with Crippen molar-refractivity contribution in [3.05, 3.63) is 29.8 Å². The minimum Gasteiger partial charge on any atom is -0.332 e. The molecule has 0 aliphatic heterocycles. The van der Waals surface area contributed by atoms with Gasteiger partial charge in [0.25, 0.3) is 0 Å². The van der Waals surface area contributed by atoms with E-state index in [0.29, 0.717) is 21.9 Å². The fraction of sp³-hybridized carbons (Fsp3) is 0.619. The Balaban J connectivity index is 1.47. The molecule has 4 bridgehead atoms. The Morgan fingerprint density at radius 3 is 2.20 bits per heavy atom. The molecule has 2 N–H and O–H groups in total. The molecule has 4 fully saturated rings. The van der Waals surface area contributed by atoms with Gasteiger partial charge < -0.3 is 10.6 Å². The van der Waals surface area contributed by atoms with Crippen molar-refractivity contribution in [3.63, 3.8) is 0 Å². The molecule has 2 atom stereocenters. The number of hydrogen-bond donors (Lipinski definition) is 2. The standard InChI is InChI=1S/C21H28N2OS/c1-14-4-6-16(7-5-14)22-18(25)23-17(24)21-10-15-8-19(2,12-21)11-20(3,9-15)13-21/h4-7,15H,8-13H2,1-3H3,(H2,22,23,24,25)/t15?,19-,20-,21?/m0/s1. The summed E-state index contributed by atoms with van der Waals surface area (Å²) in [5, 5.41) is 6.58. The molecule has 0 radical (unpaired) electrons. The van der Waals surface area contributed by atoms with E-state index in [4.69, 9.17) is 12.2 Å². The van der Waals surface area contributed by atoms with Crippen LogP contribution in [0.15, 0.2) is 24.3 Å². The summed E-state index contributed by atoms with van der Waals surface area (Å²) in [5.74, 6) is 0.842. The molecule has 1 aromatic carbocycles. The van der Waals surface area contributed by atoms with Gasteiger partial charge in [-0.2, -0.15) is 0 Å². The maximum absolute atomic E-state index is 13.2. The van der Waals surface area contributed by atoms with Crippen LogP contribution in [-0.4, -0.2) is 11.0 Å². The minimum absolute atomic E-state index is 0.138. The van der Waals surface area contributed by atoms with Crippen LogP contribution in [0, 0.1) is 29.1 Å². The van der Waals surface area contributed by atoms with E-state index in [1.54, 1.807) is 0 Å². The van der Waals surface area contributed by atoms with E-state index in [2.05, 4.69) is 31.4 Å². The highest BCUT2D eigenvalue weighted by Crippen LogP contribution is 2.69. The highest BCUT2D eigenvalue weighted by atomic mass is 32.1. The first kappa shape index (κ1) is 17.0. The molecular weight excluding hydrogens is 328 g/mol. The summed E-state index contributed by atoms with van der Waals surface area (Å²) in [4.78, 5) is 13.2. The van der Waals surface area contributed by atoms with Gasteiger partial charge in [0, 0.05) is 5.69 Å². The first-order valence-corrected chi connectivity index (χ1v) is 9.79. The van der Waals surface area contributed by atoms with Gasteiger partial charge in [0.05, 0.1) is 5.41 Å². The van der Waals surface area contributed by atoms with Gasteiger partial charge in [0.2, 0.25) is 5.91 Å². The molecular formula is C21H28N2OS. The van der Waals surface area contributed by atoms with E-state index in [1.165, 1.54) is 24.8 Å². The van der Waals surface area contributed by atoms with Crippen molar-refractivity contribution in [2.75, 3.05) is 5.32 Å². The van der Waals surface area contributed by atoms with Crippen LogP contribution in [0.25, 0.3) is 0 Å². The number of carbonyl (C=O) groups excluding carboxylic acids is 1. The molecule has 3 nitrogen and oxygen atoms in total. The highest BCUT2D eigenvalue weighted by molar-refractivity contribution is 7.80. The van der Waals surface area contributed by atoms with Gasteiger partial charge in [-0.25, -0.2) is 0 Å². The monoisotopic (exact) mass is 356 g/mol. The number of hydrogen-bond acceptors (Lipinski definition) is 2. The molecule has 25 heavy (non-hydrogen) atoms. The summed E-state index contributed by atoms with van der Waals surface area (Å²) in [6.07, 6.45) is 6.94. The van der Waals surface area contributed by atoms with Crippen LogP contribution in [0.2, 0.25) is 0 Å². The molecule has 1 amide bonds. The van der Waals surface area contributed by atoms with Gasteiger partial charge in [0.15, 0.2) is 5.11 Å². The molecule has 0 unspecified atom stereocenters. The molecule has 5 rings (SSSR count). The number of amides is 1. The predicted molar refractivity (Wildman–Crippen MR) is 105 cm³/mol. The van der Waals surface area contributed by atoms with Crippen molar-refractivity contribution < 1.29 is 4.79 Å². The first-order valence-electron chi connectivity index (χ1n) is 9.39. The molecule has 4 aliphatic carbocycles. The third-order valence-corrected chi connectivity index (χ3v) is 6.85. The van der Waals surface area contributed by atoms with Crippen molar-refractivity contribution in [2.45, 2.75) is 59.3 Å². The van der Waals surface area contributed by atoms with E-state index in [-0.39, 0.29) is 11.3 Å². The highest BCUT2D eigenvalue weighted by Gasteiger charge is 2.62. The van der Waals surface area contributed by atoms with Gasteiger partial charge >= 0.3 is 0 Å². The SMILES string of the molecule is Cc1ccc(NC(=S)NC(=O)C23CC4C[C@](C)(C2)C[C@](C)(C4)C3)cc1. The van der Waals surface area contributed by atoms with Crippen LogP contribution in [0.5, 0.6) is 0 Å². The number of thiocarbonyl (C=S) groups is 1. The summed E-state index contributed by atoms with van der Waals surface area (Å²) in [6.45, 7) is 6.83. The van der Waals surface area contributed by atoms with Gasteiger partial charge in [-0.3, -0.25) is 4.79 Å². The zero-order valence-corrected chi connectivity index (χ0v) is 16.3. The van der Waals surface area contributed by atoms with Crippen LogP contribution in [0.3, 0.4) is 0 Å². The maximum atomic E-state index is 13.2. The lowest BCUT2D eigenvalue weighted by atomic mass is 9.40. The molecule has 4 aliphatic rings. The molecule has 0 heterocycles. The molecule has 0 saturated heterocycles. The average Bonchev–Trinajstić information content (AvgIpc) is 2.45. The van der Waals surface area contributed by atoms with E-state index in [0.717, 1.165) is 24.9 Å². The third kappa shape index (κ3) is 3.10. The molecule has 134 valence electrons. The Hall–Kier alpha value is -1.42. The fourth-order valence-electron chi connectivity index (χ4n) is 6.74. The lowest BCUT2D eigenvalue weighted by Gasteiger charge is -2.64. The second-order valence-corrected chi connectivity index (χ2v) is 10.1. The number of nitrogens with one attached hydrogen (secondary N) is 2. The fourth-order valence-corrected chi connectivity index (χ4v) is 6.95. The lowest BCUT2D eigenvalue weighted by Crippen LogP contribution is -2.60. The van der Waals surface area contributed by atoms with Gasteiger partial charge in [-0.05, 0) is 86.5 Å². The van der Waals surface area contributed by atoms with Crippen molar-refractivity contribution in [2.24, 2.45) is 22.2 Å². The summed E-state index contributed by atoms with van der Waals surface area (Å²) in [7, 11) is 0. The second kappa shape index (κ2) is 5.54. The Kier molecular flexibility index (Phi) is 3.77. The Morgan fingerprint density at radius 1 is 1.04 bits per heavy atom. The smallest absolute Gasteiger partial charge is 0.232 e. The van der Waals surface area contributed by atoms with Crippen molar-refractivity contribution >= 4 is 28.9 Å². The lowest BCUT2D eigenvalue weighted by molar-refractivity contribution is -0.168. The zero-order chi connectivity index (χ0) is 17.9. The van der Waals surface area contributed by atoms with Gasteiger partial charge in [-0.15, -0.1) is 0 Å². The number of anilines is 1. The van der Waals surface area contributed by atoms with Crippen LogP contribution >= 0.6 is 12.2 Å². The van der Waals surface area contributed by atoms with Crippen LogP contribution in [-0.2, 0) is 4.79 Å². The van der Waals surface area contributed by atoms with Gasteiger partial charge in [-0.1, -0.05) is 31.5 Å². The third-order valence-electron chi connectivity index (χ3n) is 6.64. The number of rotatable bonds is 2. The maximum Gasteiger partial charge on any atom is 0.232 e. The Morgan fingerprint density at radius 2 is 1.64 bits per heavy atom. The molecule has 0 spiro atoms. The predicted octanol–water partition coefficient (Wildman–Crippen LogP) is 4.80. The quantitative estimate of drug-likeness (QED) is 0.748. The van der Waals surface area contributed by atoms with Crippen LogP contribution in [0.1, 0.15) is 57.9 Å². The summed E-state index contributed by atoms with van der Waals surface area (Å²) in [6, 6.07) is 8.04. The second-order valence-electron chi connectivity index (χ2n) is 9.68. The van der Waals surface area contributed by atoms with E-state index in [9.17, 15) is 4.79 Å². The molecule has 4 heteroatoms. The molecule has 4 saturated carbocycles. The summed E-state index contributed by atoms with van der Waals surface area (Å²) < 4.78 is 0. The average molecular weight is 357 g/mol. The number of benzene rings is 1. The number of carbonyl (C=O) groups is 1. The van der Waals surface area contributed by atoms with Crippen molar-refractivity contribution in [1.29, 1.82) is 0 Å². The van der Waals surface area contributed by atoms with Gasteiger partial charge in [0.1, 0.15) is 0 Å². The van der Waals surface area contributed by atoms with Crippen molar-refractivity contribution in [3.8, 4) is 0 Å². The normalized spacial score (nSPS) is 38.4. The Labute approximate surface area is 156 Å². The van der Waals surface area contributed by atoms with Crippen molar-refractivity contribution in [1.82, 2.24) is 5.32 Å². The Bertz CT molecular complexity index is 708. The molecule has 0 aromatic heterocycles. The van der Waals surface area contributed by atoms with Crippen LogP contribution < -0.4 is 10.6 Å². The van der Waals surface area contributed by atoms with E-state index in [1.807, 2.05) is 24.3 Å². The summed E-state index contributed by atoms with van der Waals surface area (Å²) in [5.41, 5.74) is 2.56.